The van der Waals surface area contributed by atoms with Gasteiger partial charge in [0.1, 0.15) is 16.9 Å². The zero-order chi connectivity index (χ0) is 22.0. The largest absolute Gasteiger partial charge is 0.380 e. The Labute approximate surface area is 180 Å². The van der Waals surface area contributed by atoms with Crippen molar-refractivity contribution in [1.29, 1.82) is 0 Å². The molecule has 1 aliphatic heterocycles. The van der Waals surface area contributed by atoms with Crippen molar-refractivity contribution in [2.45, 2.75) is 33.7 Å². The van der Waals surface area contributed by atoms with Gasteiger partial charge in [-0.2, -0.15) is 10.1 Å². The number of hydrogen-bond acceptors (Lipinski definition) is 8. The first-order valence-electron chi connectivity index (χ1n) is 10.5. The highest BCUT2D eigenvalue weighted by Crippen LogP contribution is 2.30. The minimum Gasteiger partial charge on any atom is -0.380 e. The average Bonchev–Trinajstić information content (AvgIpc) is 3.36. The van der Waals surface area contributed by atoms with Crippen LogP contribution in [0.2, 0.25) is 0 Å². The summed E-state index contributed by atoms with van der Waals surface area (Å²) in [5, 5.41) is 8.00. The smallest absolute Gasteiger partial charge is 0.228 e. The van der Waals surface area contributed by atoms with Gasteiger partial charge < -0.3 is 20.7 Å². The maximum atomic E-state index is 11.6. The first-order chi connectivity index (χ1) is 15.0. The normalized spacial score (nSPS) is 16.2. The fourth-order valence-corrected chi connectivity index (χ4v) is 3.74. The molecule has 31 heavy (non-hydrogen) atoms. The number of ether oxygens (including phenoxy) is 1. The van der Waals surface area contributed by atoms with Crippen molar-refractivity contribution in [1.82, 2.24) is 24.7 Å². The lowest BCUT2D eigenvalue weighted by atomic mass is 10.1. The number of aryl methyl sites for hydroxylation is 2. The summed E-state index contributed by atoms with van der Waals surface area (Å²) >= 11 is 0. The predicted octanol–water partition coefficient (Wildman–Crippen LogP) is 1.93. The summed E-state index contributed by atoms with van der Waals surface area (Å²) in [6.07, 6.45) is 2.50. The summed E-state index contributed by atoms with van der Waals surface area (Å²) in [7, 11) is 0. The van der Waals surface area contributed by atoms with E-state index in [4.69, 9.17) is 20.4 Å². The molecule has 3 aromatic rings. The van der Waals surface area contributed by atoms with E-state index in [9.17, 15) is 4.79 Å². The third kappa shape index (κ3) is 4.43. The molecule has 164 valence electrons. The zero-order valence-corrected chi connectivity index (χ0v) is 18.1. The van der Waals surface area contributed by atoms with Crippen LogP contribution in [-0.2, 0) is 16.1 Å². The Morgan fingerprint density at radius 3 is 2.84 bits per heavy atom. The standard InChI is InChI=1S/C21H28N8O2/c1-4-31-10-9-29-18-17(14(3)27-29)25-21(28-8-7-15(12-28)19(22)30)26-20(18)24-16-6-5-13(2)11-23-16/h5-6,11,15H,4,7-10,12H2,1-3H3,(H2,22,30)(H,23,24,25,26)/t15-/m1/s1. The Bertz CT molecular complexity index is 1080. The lowest BCUT2D eigenvalue weighted by Gasteiger charge is -2.18. The number of aromatic nitrogens is 5. The highest BCUT2D eigenvalue weighted by Gasteiger charge is 2.29. The summed E-state index contributed by atoms with van der Waals surface area (Å²) in [4.78, 5) is 27.7. The number of rotatable bonds is 8. The van der Waals surface area contributed by atoms with E-state index in [1.165, 1.54) is 0 Å². The molecule has 10 heteroatoms. The van der Waals surface area contributed by atoms with Crippen molar-refractivity contribution in [3.8, 4) is 0 Å². The van der Waals surface area contributed by atoms with E-state index in [0.29, 0.717) is 56.9 Å². The molecule has 4 rings (SSSR count). The van der Waals surface area contributed by atoms with Gasteiger partial charge in [0, 0.05) is 25.9 Å². The lowest BCUT2D eigenvalue weighted by molar-refractivity contribution is -0.121. The van der Waals surface area contributed by atoms with Gasteiger partial charge in [-0.3, -0.25) is 9.48 Å². The molecule has 0 bridgehead atoms. The highest BCUT2D eigenvalue weighted by molar-refractivity contribution is 5.90. The Morgan fingerprint density at radius 1 is 1.32 bits per heavy atom. The van der Waals surface area contributed by atoms with E-state index in [1.807, 2.05) is 42.5 Å². The van der Waals surface area contributed by atoms with Crippen LogP contribution in [0.1, 0.15) is 24.6 Å². The molecule has 3 aromatic heterocycles. The number of hydrogen-bond donors (Lipinski definition) is 2. The number of carbonyl (C=O) groups is 1. The quantitative estimate of drug-likeness (QED) is 0.526. The number of pyridine rings is 1. The Morgan fingerprint density at radius 2 is 2.16 bits per heavy atom. The molecule has 1 atom stereocenters. The topological polar surface area (TPSA) is 124 Å². The van der Waals surface area contributed by atoms with E-state index >= 15 is 0 Å². The lowest BCUT2D eigenvalue weighted by Crippen LogP contribution is -2.28. The minimum absolute atomic E-state index is 0.190. The molecule has 0 aliphatic carbocycles. The number of fused-ring (bicyclic) bond motifs is 1. The van der Waals surface area contributed by atoms with E-state index in [-0.39, 0.29) is 11.8 Å². The molecule has 0 saturated carbocycles. The summed E-state index contributed by atoms with van der Waals surface area (Å²) in [6, 6.07) is 3.90. The molecular weight excluding hydrogens is 396 g/mol. The monoisotopic (exact) mass is 424 g/mol. The molecule has 0 aromatic carbocycles. The molecular formula is C21H28N8O2. The van der Waals surface area contributed by atoms with Crippen molar-refractivity contribution >= 4 is 34.5 Å². The Balaban J connectivity index is 1.75. The van der Waals surface area contributed by atoms with Crippen LogP contribution >= 0.6 is 0 Å². The van der Waals surface area contributed by atoms with Gasteiger partial charge in [-0.25, -0.2) is 9.97 Å². The number of primary amides is 1. The molecule has 4 heterocycles. The van der Waals surface area contributed by atoms with Crippen molar-refractivity contribution < 1.29 is 9.53 Å². The molecule has 1 fully saturated rings. The number of nitrogens with zero attached hydrogens (tertiary/aromatic N) is 6. The van der Waals surface area contributed by atoms with Gasteiger partial charge in [-0.1, -0.05) is 6.07 Å². The van der Waals surface area contributed by atoms with E-state index in [0.717, 1.165) is 22.3 Å². The summed E-state index contributed by atoms with van der Waals surface area (Å²) in [5.41, 5.74) is 8.95. The average molecular weight is 425 g/mol. The third-order valence-electron chi connectivity index (χ3n) is 5.43. The van der Waals surface area contributed by atoms with Crippen molar-refractivity contribution in [3.05, 3.63) is 29.6 Å². The first kappa shape index (κ1) is 21.0. The second-order valence-electron chi connectivity index (χ2n) is 7.75. The van der Waals surface area contributed by atoms with E-state index < -0.39 is 0 Å². The van der Waals surface area contributed by atoms with Crippen LogP contribution in [0.3, 0.4) is 0 Å². The molecule has 1 saturated heterocycles. The SMILES string of the molecule is CCOCCn1nc(C)c2nc(N3CC[C@@H](C(N)=O)C3)nc(Nc3ccc(C)cn3)c21. The molecule has 10 nitrogen and oxygen atoms in total. The first-order valence-corrected chi connectivity index (χ1v) is 10.5. The van der Waals surface area contributed by atoms with E-state index in [2.05, 4.69) is 15.4 Å². The van der Waals surface area contributed by atoms with Crippen LogP contribution in [-0.4, -0.2) is 56.9 Å². The summed E-state index contributed by atoms with van der Waals surface area (Å²) in [5.74, 6) is 1.38. The summed E-state index contributed by atoms with van der Waals surface area (Å²) in [6.45, 7) is 8.86. The van der Waals surface area contributed by atoms with Crippen LogP contribution in [0, 0.1) is 19.8 Å². The molecule has 0 spiro atoms. The zero-order valence-electron chi connectivity index (χ0n) is 18.1. The van der Waals surface area contributed by atoms with Crippen LogP contribution in [0.15, 0.2) is 18.3 Å². The molecule has 0 radical (unpaired) electrons. The Hall–Kier alpha value is -3.27. The van der Waals surface area contributed by atoms with Crippen LogP contribution < -0.4 is 16.0 Å². The second-order valence-corrected chi connectivity index (χ2v) is 7.75. The van der Waals surface area contributed by atoms with Gasteiger partial charge in [0.15, 0.2) is 5.82 Å². The van der Waals surface area contributed by atoms with Crippen LogP contribution in [0.4, 0.5) is 17.6 Å². The number of carbonyl (C=O) groups excluding carboxylic acids is 1. The second kappa shape index (κ2) is 8.84. The molecule has 1 aliphatic rings. The van der Waals surface area contributed by atoms with E-state index in [1.54, 1.807) is 6.20 Å². The number of anilines is 3. The van der Waals surface area contributed by atoms with Gasteiger partial charge in [0.2, 0.25) is 11.9 Å². The number of nitrogens with one attached hydrogen (secondary N) is 1. The Kier molecular flexibility index (Phi) is 5.99. The van der Waals surface area contributed by atoms with Crippen molar-refractivity contribution in [2.24, 2.45) is 11.7 Å². The maximum Gasteiger partial charge on any atom is 0.228 e. The third-order valence-corrected chi connectivity index (χ3v) is 5.43. The maximum absolute atomic E-state index is 11.6. The van der Waals surface area contributed by atoms with Gasteiger partial charge in [0.25, 0.3) is 0 Å². The molecule has 0 unspecified atom stereocenters. The minimum atomic E-state index is -0.286. The van der Waals surface area contributed by atoms with Gasteiger partial charge in [-0.05, 0) is 38.8 Å². The molecule has 1 amide bonds. The fourth-order valence-electron chi connectivity index (χ4n) is 3.74. The van der Waals surface area contributed by atoms with Gasteiger partial charge >= 0.3 is 0 Å². The van der Waals surface area contributed by atoms with Crippen LogP contribution in [0.25, 0.3) is 11.0 Å². The fraction of sp³-hybridized carbons (Fsp3) is 0.476. The predicted molar refractivity (Wildman–Crippen MR) is 118 cm³/mol. The van der Waals surface area contributed by atoms with Crippen molar-refractivity contribution in [2.75, 3.05) is 36.5 Å². The number of amides is 1. The van der Waals surface area contributed by atoms with Gasteiger partial charge in [-0.15, -0.1) is 0 Å². The van der Waals surface area contributed by atoms with Crippen molar-refractivity contribution in [3.63, 3.8) is 0 Å². The van der Waals surface area contributed by atoms with Crippen LogP contribution in [0.5, 0.6) is 0 Å². The van der Waals surface area contributed by atoms with Gasteiger partial charge in [0.05, 0.1) is 24.8 Å². The number of nitrogens with two attached hydrogens (primary N) is 1. The molecule has 3 N–H and O–H groups in total. The summed E-state index contributed by atoms with van der Waals surface area (Å²) < 4.78 is 7.39. The highest BCUT2D eigenvalue weighted by atomic mass is 16.5.